The maximum atomic E-state index is 13.7. The van der Waals surface area contributed by atoms with Crippen LogP contribution in [0.25, 0.3) is 33.5 Å². The van der Waals surface area contributed by atoms with Crippen LogP contribution in [-0.2, 0) is 4.74 Å². The van der Waals surface area contributed by atoms with Crippen LogP contribution in [0.5, 0.6) is 0 Å². The van der Waals surface area contributed by atoms with Gasteiger partial charge in [-0.15, -0.1) is 4.73 Å². The lowest BCUT2D eigenvalue weighted by Gasteiger charge is -2.38. The molecule has 11 heteroatoms. The van der Waals surface area contributed by atoms with Crippen molar-refractivity contribution in [2.75, 3.05) is 57.1 Å². The van der Waals surface area contributed by atoms with Gasteiger partial charge < -0.3 is 20.2 Å². The summed E-state index contributed by atoms with van der Waals surface area (Å²) in [5, 5.41) is 1.09. The second-order valence-corrected chi connectivity index (χ2v) is 10.7. The Balaban J connectivity index is 1.55. The average molecular weight is 584 g/mol. The Labute approximate surface area is 243 Å². The number of piperazine rings is 1. The van der Waals surface area contributed by atoms with Gasteiger partial charge in [-0.25, -0.2) is 9.97 Å². The minimum atomic E-state index is -0.474. The molecular formula is C29H32Cl2N6O3. The van der Waals surface area contributed by atoms with Crippen LogP contribution in [0.3, 0.4) is 0 Å². The normalized spacial score (nSPS) is 14.3. The molecule has 2 N–H and O–H groups in total. The van der Waals surface area contributed by atoms with E-state index in [2.05, 4.69) is 40.8 Å². The standard InChI is InChI=1S/C29H32Cl2N6O3/c1-18(2)35-11-13-36(14-12-35)20-9-7-19(8-10-20)27-33-26(32)22-17-21(25-23(30)5-4-6-24(25)31)29(38)37(28(22)34-27)40-16-15-39-3/h4-10,17-18H,11-16H2,1-3H3,(H2,32,33,34). The molecule has 0 amide bonds. The Hall–Kier alpha value is -3.37. The van der Waals surface area contributed by atoms with Crippen LogP contribution in [0.1, 0.15) is 13.8 Å². The molecule has 1 saturated heterocycles. The van der Waals surface area contributed by atoms with Crippen LogP contribution in [0, 0.1) is 0 Å². The third-order valence-corrected chi connectivity index (χ3v) is 7.76. The van der Waals surface area contributed by atoms with Gasteiger partial charge in [0.05, 0.1) is 27.6 Å². The van der Waals surface area contributed by atoms with Gasteiger partial charge in [0.2, 0.25) is 0 Å². The maximum absolute atomic E-state index is 13.7. The van der Waals surface area contributed by atoms with Gasteiger partial charge in [-0.3, -0.25) is 9.69 Å². The zero-order valence-electron chi connectivity index (χ0n) is 22.7. The molecule has 2 aromatic heterocycles. The fraction of sp³-hybridized carbons (Fsp3) is 0.345. The number of hydrogen-bond acceptors (Lipinski definition) is 8. The molecule has 2 aromatic carbocycles. The van der Waals surface area contributed by atoms with E-state index in [1.807, 2.05) is 12.1 Å². The van der Waals surface area contributed by atoms with Crippen LogP contribution >= 0.6 is 23.2 Å². The molecule has 40 heavy (non-hydrogen) atoms. The van der Waals surface area contributed by atoms with E-state index in [-0.39, 0.29) is 30.2 Å². The monoisotopic (exact) mass is 582 g/mol. The Morgan fingerprint density at radius 3 is 2.27 bits per heavy atom. The summed E-state index contributed by atoms with van der Waals surface area (Å²) in [5.74, 6) is 0.579. The number of rotatable bonds is 8. The number of anilines is 2. The predicted molar refractivity (Wildman–Crippen MR) is 161 cm³/mol. The third-order valence-electron chi connectivity index (χ3n) is 7.13. The highest BCUT2D eigenvalue weighted by Crippen LogP contribution is 2.35. The molecular weight excluding hydrogens is 551 g/mol. The van der Waals surface area contributed by atoms with Crippen molar-refractivity contribution in [3.8, 4) is 22.5 Å². The fourth-order valence-electron chi connectivity index (χ4n) is 4.89. The predicted octanol–water partition coefficient (Wildman–Crippen LogP) is 4.62. The molecule has 1 fully saturated rings. The Morgan fingerprint density at radius 1 is 0.975 bits per heavy atom. The molecule has 0 bridgehead atoms. The fourth-order valence-corrected chi connectivity index (χ4v) is 5.49. The molecule has 0 spiro atoms. The van der Waals surface area contributed by atoms with Gasteiger partial charge in [0.1, 0.15) is 12.4 Å². The summed E-state index contributed by atoms with van der Waals surface area (Å²) >= 11 is 12.9. The van der Waals surface area contributed by atoms with E-state index >= 15 is 0 Å². The first kappa shape index (κ1) is 28.2. The van der Waals surface area contributed by atoms with E-state index in [4.69, 9.17) is 43.5 Å². The molecule has 5 rings (SSSR count). The number of methoxy groups -OCH3 is 1. The van der Waals surface area contributed by atoms with Crippen LogP contribution in [0.15, 0.2) is 53.3 Å². The van der Waals surface area contributed by atoms with Gasteiger partial charge in [0.25, 0.3) is 5.56 Å². The topological polar surface area (TPSA) is 98.7 Å². The summed E-state index contributed by atoms with van der Waals surface area (Å²) in [6.45, 7) is 8.86. The largest absolute Gasteiger partial charge is 0.406 e. The molecule has 9 nitrogen and oxygen atoms in total. The first-order chi connectivity index (χ1) is 19.3. The zero-order valence-corrected chi connectivity index (χ0v) is 24.2. The number of aromatic nitrogens is 3. The highest BCUT2D eigenvalue weighted by molar-refractivity contribution is 6.39. The number of fused-ring (bicyclic) bond motifs is 1. The number of ether oxygens (including phenoxy) is 1. The SMILES string of the molecule is COCCOn1c(=O)c(-c2c(Cl)cccc2Cl)cc2c(N)nc(-c3ccc(N4CCN(C(C)C)CC4)cc3)nc21. The molecule has 0 atom stereocenters. The van der Waals surface area contributed by atoms with Crippen molar-refractivity contribution in [3.05, 3.63) is 68.9 Å². The number of nitrogen functional groups attached to an aromatic ring is 1. The van der Waals surface area contributed by atoms with Crippen LogP contribution in [0.4, 0.5) is 11.5 Å². The van der Waals surface area contributed by atoms with Gasteiger partial charge in [-0.2, -0.15) is 0 Å². The van der Waals surface area contributed by atoms with Crippen molar-refractivity contribution in [1.29, 1.82) is 0 Å². The molecule has 210 valence electrons. The Morgan fingerprint density at radius 2 is 1.65 bits per heavy atom. The molecule has 0 saturated carbocycles. The number of benzene rings is 2. The molecule has 0 unspecified atom stereocenters. The Bertz CT molecular complexity index is 1550. The van der Waals surface area contributed by atoms with Crippen molar-refractivity contribution in [1.82, 2.24) is 19.6 Å². The second-order valence-electron chi connectivity index (χ2n) is 9.91. The molecule has 1 aliphatic rings. The average Bonchev–Trinajstić information content (AvgIpc) is 2.95. The van der Waals surface area contributed by atoms with Crippen molar-refractivity contribution in [2.24, 2.45) is 0 Å². The summed E-state index contributed by atoms with van der Waals surface area (Å²) in [6, 6.07) is 15.3. The first-order valence-corrected chi connectivity index (χ1v) is 13.9. The number of halogens is 2. The number of nitrogens with two attached hydrogens (primary N) is 1. The lowest BCUT2D eigenvalue weighted by molar-refractivity contribution is 0.0584. The van der Waals surface area contributed by atoms with E-state index < -0.39 is 5.56 Å². The van der Waals surface area contributed by atoms with Gasteiger partial charge in [-0.1, -0.05) is 29.3 Å². The van der Waals surface area contributed by atoms with Gasteiger partial charge >= 0.3 is 0 Å². The van der Waals surface area contributed by atoms with Crippen molar-refractivity contribution >= 4 is 45.7 Å². The third kappa shape index (κ3) is 5.60. The molecule has 3 heterocycles. The summed E-state index contributed by atoms with van der Waals surface area (Å²) in [6.07, 6.45) is 0. The van der Waals surface area contributed by atoms with Crippen molar-refractivity contribution in [2.45, 2.75) is 19.9 Å². The van der Waals surface area contributed by atoms with E-state index in [0.717, 1.165) is 42.2 Å². The molecule has 0 aliphatic carbocycles. The first-order valence-electron chi connectivity index (χ1n) is 13.2. The zero-order chi connectivity index (χ0) is 28.4. The van der Waals surface area contributed by atoms with Crippen LogP contribution < -0.4 is 21.0 Å². The van der Waals surface area contributed by atoms with Gasteiger partial charge in [0.15, 0.2) is 11.5 Å². The minimum Gasteiger partial charge on any atom is -0.406 e. The highest BCUT2D eigenvalue weighted by Gasteiger charge is 2.22. The Kier molecular flexibility index (Phi) is 8.46. The quantitative estimate of drug-likeness (QED) is 0.300. The smallest absolute Gasteiger partial charge is 0.293 e. The highest BCUT2D eigenvalue weighted by atomic mass is 35.5. The van der Waals surface area contributed by atoms with E-state index in [9.17, 15) is 4.79 Å². The molecule has 1 aliphatic heterocycles. The number of hydrogen-bond donors (Lipinski definition) is 1. The van der Waals surface area contributed by atoms with Gasteiger partial charge in [-0.05, 0) is 56.3 Å². The van der Waals surface area contributed by atoms with Crippen LogP contribution in [-0.4, -0.2) is 72.1 Å². The second kappa shape index (κ2) is 12.0. The number of pyridine rings is 1. The molecule has 4 aromatic rings. The summed E-state index contributed by atoms with van der Waals surface area (Å²) < 4.78 is 6.24. The van der Waals surface area contributed by atoms with Crippen molar-refractivity contribution < 1.29 is 9.57 Å². The van der Waals surface area contributed by atoms with Crippen molar-refractivity contribution in [3.63, 3.8) is 0 Å². The van der Waals surface area contributed by atoms with E-state index in [0.29, 0.717) is 32.9 Å². The maximum Gasteiger partial charge on any atom is 0.293 e. The minimum absolute atomic E-state index is 0.114. The van der Waals surface area contributed by atoms with E-state index in [1.54, 1.807) is 31.4 Å². The van der Waals surface area contributed by atoms with E-state index in [1.165, 1.54) is 0 Å². The summed E-state index contributed by atoms with van der Waals surface area (Å²) in [4.78, 5) is 33.7. The number of nitrogens with zero attached hydrogens (tertiary/aromatic N) is 5. The lowest BCUT2D eigenvalue weighted by atomic mass is 10.1. The van der Waals surface area contributed by atoms with Gasteiger partial charge in [0, 0.05) is 56.1 Å². The lowest BCUT2D eigenvalue weighted by Crippen LogP contribution is -2.48. The summed E-state index contributed by atoms with van der Waals surface area (Å²) in [7, 11) is 1.55. The molecule has 0 radical (unpaired) electrons. The van der Waals surface area contributed by atoms with Crippen LogP contribution in [0.2, 0.25) is 10.0 Å². The summed E-state index contributed by atoms with van der Waals surface area (Å²) in [5.41, 5.74) is 8.74.